The van der Waals surface area contributed by atoms with Crippen LogP contribution in [0.3, 0.4) is 0 Å². The van der Waals surface area contributed by atoms with Crippen molar-refractivity contribution in [1.29, 1.82) is 0 Å². The summed E-state index contributed by atoms with van der Waals surface area (Å²) in [5.74, 6) is 0. The van der Waals surface area contributed by atoms with Gasteiger partial charge < -0.3 is 11.1 Å². The van der Waals surface area contributed by atoms with E-state index in [2.05, 4.69) is 15.5 Å². The van der Waals surface area contributed by atoms with Crippen molar-refractivity contribution in [3.63, 3.8) is 0 Å². The molecule has 0 unspecified atom stereocenters. The Morgan fingerprint density at radius 3 is 2.57 bits per heavy atom. The maximum absolute atomic E-state index is 5.84. The number of anilines is 1. The fraction of sp³-hybridized carbons (Fsp3) is 0.778. The minimum Gasteiger partial charge on any atom is -0.357 e. The van der Waals surface area contributed by atoms with Crippen LogP contribution in [-0.4, -0.2) is 22.3 Å². The molecule has 0 aromatic carbocycles. The van der Waals surface area contributed by atoms with Gasteiger partial charge in [-0.2, -0.15) is 0 Å². The molecule has 5 heteroatoms. The van der Waals surface area contributed by atoms with Gasteiger partial charge in [-0.25, -0.2) is 0 Å². The predicted molar refractivity (Wildman–Crippen MR) is 58.5 cm³/mol. The van der Waals surface area contributed by atoms with Gasteiger partial charge in [0.05, 0.1) is 0 Å². The number of rotatable bonds is 2. The Balaban J connectivity index is 1.86. The average Bonchev–Trinajstić information content (AvgIpc) is 2.56. The van der Waals surface area contributed by atoms with Crippen LogP contribution in [0.2, 0.25) is 0 Å². The molecule has 1 aliphatic rings. The summed E-state index contributed by atoms with van der Waals surface area (Å²) in [7, 11) is 0. The van der Waals surface area contributed by atoms with Gasteiger partial charge in [0.1, 0.15) is 5.01 Å². The largest absolute Gasteiger partial charge is 0.357 e. The standard InChI is InChI=1S/C9H16N4S/c1-6-12-13-9(14-6)11-8-4-2-7(10)3-5-8/h7-8H,2-5,10H2,1H3,(H,11,13). The lowest BCUT2D eigenvalue weighted by molar-refractivity contribution is 0.411. The van der Waals surface area contributed by atoms with E-state index < -0.39 is 0 Å². The summed E-state index contributed by atoms with van der Waals surface area (Å²) in [4.78, 5) is 0. The van der Waals surface area contributed by atoms with Crippen molar-refractivity contribution in [2.45, 2.75) is 44.7 Å². The Bertz CT molecular complexity index is 291. The van der Waals surface area contributed by atoms with Gasteiger partial charge in [-0.3, -0.25) is 0 Å². The predicted octanol–water partition coefficient (Wildman–Crippen LogP) is 1.53. The molecule has 0 atom stereocenters. The summed E-state index contributed by atoms with van der Waals surface area (Å²) in [5, 5.41) is 13.4. The molecule has 4 nitrogen and oxygen atoms in total. The molecule has 1 fully saturated rings. The van der Waals surface area contributed by atoms with Gasteiger partial charge in [-0.15, -0.1) is 10.2 Å². The van der Waals surface area contributed by atoms with Gasteiger partial charge in [0, 0.05) is 12.1 Å². The minimum atomic E-state index is 0.407. The second kappa shape index (κ2) is 4.23. The number of nitrogens with one attached hydrogen (secondary N) is 1. The molecule has 0 saturated heterocycles. The van der Waals surface area contributed by atoms with E-state index in [9.17, 15) is 0 Å². The summed E-state index contributed by atoms with van der Waals surface area (Å²) in [6.45, 7) is 1.97. The zero-order valence-electron chi connectivity index (χ0n) is 8.36. The molecule has 3 N–H and O–H groups in total. The molecular weight excluding hydrogens is 196 g/mol. The molecule has 1 aromatic rings. The molecule has 1 saturated carbocycles. The van der Waals surface area contributed by atoms with Gasteiger partial charge in [0.25, 0.3) is 0 Å². The third-order valence-corrected chi connectivity index (χ3v) is 3.40. The highest BCUT2D eigenvalue weighted by molar-refractivity contribution is 7.15. The number of aromatic nitrogens is 2. The van der Waals surface area contributed by atoms with Crippen LogP contribution in [0.25, 0.3) is 0 Å². The average molecular weight is 212 g/mol. The van der Waals surface area contributed by atoms with E-state index in [1.807, 2.05) is 6.92 Å². The molecule has 14 heavy (non-hydrogen) atoms. The number of hydrogen-bond donors (Lipinski definition) is 2. The molecule has 2 rings (SSSR count). The number of nitrogens with two attached hydrogens (primary N) is 1. The highest BCUT2D eigenvalue weighted by Crippen LogP contribution is 2.22. The quantitative estimate of drug-likeness (QED) is 0.780. The van der Waals surface area contributed by atoms with Crippen molar-refractivity contribution in [1.82, 2.24) is 10.2 Å². The van der Waals surface area contributed by atoms with Gasteiger partial charge >= 0.3 is 0 Å². The summed E-state index contributed by atoms with van der Waals surface area (Å²) in [6.07, 6.45) is 4.55. The molecule has 0 bridgehead atoms. The van der Waals surface area contributed by atoms with Crippen LogP contribution >= 0.6 is 11.3 Å². The fourth-order valence-corrected chi connectivity index (χ4v) is 2.46. The number of hydrogen-bond acceptors (Lipinski definition) is 5. The van der Waals surface area contributed by atoms with Crippen LogP contribution in [0.1, 0.15) is 30.7 Å². The molecule has 1 aliphatic carbocycles. The lowest BCUT2D eigenvalue weighted by atomic mass is 9.92. The van der Waals surface area contributed by atoms with Crippen LogP contribution in [-0.2, 0) is 0 Å². The summed E-state index contributed by atoms with van der Waals surface area (Å²) < 4.78 is 0. The van der Waals surface area contributed by atoms with E-state index in [0.29, 0.717) is 12.1 Å². The minimum absolute atomic E-state index is 0.407. The van der Waals surface area contributed by atoms with Crippen LogP contribution in [0.15, 0.2) is 0 Å². The third-order valence-electron chi connectivity index (χ3n) is 2.63. The molecule has 78 valence electrons. The molecule has 1 aromatic heterocycles. The summed E-state index contributed by atoms with van der Waals surface area (Å²) >= 11 is 1.62. The lowest BCUT2D eigenvalue weighted by Gasteiger charge is -2.26. The highest BCUT2D eigenvalue weighted by atomic mass is 32.1. The number of nitrogens with zero attached hydrogens (tertiary/aromatic N) is 2. The Morgan fingerprint density at radius 2 is 2.00 bits per heavy atom. The highest BCUT2D eigenvalue weighted by Gasteiger charge is 2.18. The Kier molecular flexibility index (Phi) is 2.98. The molecule has 1 heterocycles. The normalized spacial score (nSPS) is 27.6. The Hall–Kier alpha value is -0.680. The van der Waals surface area contributed by atoms with Crippen molar-refractivity contribution in [3.8, 4) is 0 Å². The van der Waals surface area contributed by atoms with E-state index in [4.69, 9.17) is 5.73 Å². The SMILES string of the molecule is Cc1nnc(NC2CCC(N)CC2)s1. The van der Waals surface area contributed by atoms with Crippen LogP contribution in [0.4, 0.5) is 5.13 Å². The van der Waals surface area contributed by atoms with Crippen molar-refractivity contribution >= 4 is 16.5 Å². The fourth-order valence-electron chi connectivity index (χ4n) is 1.79. The first-order valence-electron chi connectivity index (χ1n) is 5.06. The molecule has 0 radical (unpaired) electrons. The maximum Gasteiger partial charge on any atom is 0.205 e. The van der Waals surface area contributed by atoms with Crippen LogP contribution < -0.4 is 11.1 Å². The first-order chi connectivity index (χ1) is 6.74. The number of aryl methyl sites for hydroxylation is 1. The van der Waals surface area contributed by atoms with E-state index in [-0.39, 0.29) is 0 Å². The molecule has 0 spiro atoms. The van der Waals surface area contributed by atoms with Crippen molar-refractivity contribution < 1.29 is 0 Å². The Morgan fingerprint density at radius 1 is 1.29 bits per heavy atom. The first-order valence-corrected chi connectivity index (χ1v) is 5.88. The second-order valence-corrected chi connectivity index (χ2v) is 5.06. The van der Waals surface area contributed by atoms with E-state index in [0.717, 1.165) is 35.8 Å². The van der Waals surface area contributed by atoms with E-state index in [1.54, 1.807) is 11.3 Å². The van der Waals surface area contributed by atoms with Crippen LogP contribution in [0.5, 0.6) is 0 Å². The zero-order valence-corrected chi connectivity index (χ0v) is 9.18. The van der Waals surface area contributed by atoms with Gasteiger partial charge in [-0.1, -0.05) is 11.3 Å². The van der Waals surface area contributed by atoms with Crippen LogP contribution in [0, 0.1) is 6.92 Å². The summed E-state index contributed by atoms with van der Waals surface area (Å²) in [5.41, 5.74) is 5.84. The van der Waals surface area contributed by atoms with Crippen molar-refractivity contribution in [2.75, 3.05) is 5.32 Å². The second-order valence-electron chi connectivity index (χ2n) is 3.88. The van der Waals surface area contributed by atoms with Gasteiger partial charge in [0.15, 0.2) is 0 Å². The topological polar surface area (TPSA) is 63.8 Å². The molecular formula is C9H16N4S. The smallest absolute Gasteiger partial charge is 0.205 e. The molecule has 0 aliphatic heterocycles. The molecule has 0 amide bonds. The van der Waals surface area contributed by atoms with E-state index in [1.165, 1.54) is 0 Å². The lowest BCUT2D eigenvalue weighted by Crippen LogP contribution is -2.32. The zero-order chi connectivity index (χ0) is 9.97. The monoisotopic (exact) mass is 212 g/mol. The van der Waals surface area contributed by atoms with E-state index >= 15 is 0 Å². The maximum atomic E-state index is 5.84. The van der Waals surface area contributed by atoms with Crippen molar-refractivity contribution in [3.05, 3.63) is 5.01 Å². The van der Waals surface area contributed by atoms with Gasteiger partial charge in [0.2, 0.25) is 5.13 Å². The third kappa shape index (κ3) is 2.42. The van der Waals surface area contributed by atoms with Crippen molar-refractivity contribution in [2.24, 2.45) is 5.73 Å². The Labute approximate surface area is 87.9 Å². The first kappa shape index (κ1) is 9.86. The summed E-state index contributed by atoms with van der Waals surface area (Å²) in [6, 6.07) is 0.950. The van der Waals surface area contributed by atoms with Gasteiger partial charge in [-0.05, 0) is 32.6 Å².